The minimum atomic E-state index is -0.390. The molecule has 0 aromatic heterocycles. The van der Waals surface area contributed by atoms with E-state index in [0.717, 1.165) is 0 Å². The summed E-state index contributed by atoms with van der Waals surface area (Å²) >= 11 is 0. The van der Waals surface area contributed by atoms with Crippen LogP contribution in [0.15, 0.2) is 0 Å². The first-order valence-electron chi connectivity index (χ1n) is 2.23. The molecule has 0 aliphatic rings. The molecule has 4 nitrogen and oxygen atoms in total. The van der Waals surface area contributed by atoms with Crippen LogP contribution in [-0.4, -0.2) is 29.5 Å². The highest BCUT2D eigenvalue weighted by Gasteiger charge is 1.77. The van der Waals surface area contributed by atoms with Gasteiger partial charge in [-0.2, -0.15) is 0 Å². The van der Waals surface area contributed by atoms with E-state index in [0.29, 0.717) is 0 Å². The fourth-order valence-corrected chi connectivity index (χ4v) is 3.69. The lowest BCUT2D eigenvalue weighted by Crippen LogP contribution is -2.43. The zero-order valence-electron chi connectivity index (χ0n) is 4.28. The molecule has 7 heteroatoms. The largest absolute Gasteiger partial charge is 0.346 e. The maximum absolute atomic E-state index is 5.27. The van der Waals surface area contributed by atoms with Gasteiger partial charge >= 0.3 is 0 Å². The van der Waals surface area contributed by atoms with Gasteiger partial charge in [-0.3, -0.25) is 0 Å². The average Bonchev–Trinajstić information content (AvgIpc) is 1.69. The molecule has 0 aliphatic heterocycles. The zero-order valence-corrected chi connectivity index (χ0v) is 8.52. The van der Waals surface area contributed by atoms with Crippen LogP contribution in [0.2, 0.25) is 0 Å². The van der Waals surface area contributed by atoms with Crippen molar-refractivity contribution in [2.75, 3.05) is 0 Å². The molecule has 0 radical (unpaired) electrons. The number of rotatable bonds is 4. The minimum absolute atomic E-state index is 0.215. The monoisotopic (exact) mass is 152 g/mol. The summed E-state index contributed by atoms with van der Waals surface area (Å²) in [5.74, 6) is 0. The third-order valence-electron chi connectivity index (χ3n) is 0.539. The summed E-state index contributed by atoms with van der Waals surface area (Å²) in [5.41, 5.74) is 0. The Hall–Kier alpha value is 0.491. The van der Waals surface area contributed by atoms with Gasteiger partial charge in [-0.1, -0.05) is 0 Å². The van der Waals surface area contributed by atoms with Gasteiger partial charge in [0.2, 0.25) is 0 Å². The van der Waals surface area contributed by atoms with Crippen molar-refractivity contribution in [3.63, 3.8) is 0 Å². The predicted molar refractivity (Wildman–Crippen MR) is 40.3 cm³/mol. The molecule has 0 fully saturated rings. The van der Waals surface area contributed by atoms with Gasteiger partial charge in [0.25, 0.3) is 0 Å². The molecule has 0 aromatic carbocycles. The first-order valence-corrected chi connectivity index (χ1v) is 6.69. The van der Waals surface area contributed by atoms with Gasteiger partial charge in [-0.15, -0.1) is 0 Å². The standard InChI is InChI=1S/H12N4Si3/c1-5-3-7-4-6-2/h3-4H,1-2,5-7H2. The van der Waals surface area contributed by atoms with Crippen LogP contribution in [0.25, 0.3) is 0 Å². The van der Waals surface area contributed by atoms with Crippen molar-refractivity contribution in [2.45, 2.75) is 0 Å². The van der Waals surface area contributed by atoms with Crippen LogP contribution in [0.1, 0.15) is 0 Å². The summed E-state index contributed by atoms with van der Waals surface area (Å²) in [6.07, 6.45) is 0. The molecule has 0 rings (SSSR count). The lowest BCUT2D eigenvalue weighted by molar-refractivity contribution is 1.40. The highest BCUT2D eigenvalue weighted by molar-refractivity contribution is 6.54. The molecular weight excluding hydrogens is 140 g/mol. The van der Waals surface area contributed by atoms with Crippen molar-refractivity contribution in [3.8, 4) is 0 Å². The van der Waals surface area contributed by atoms with E-state index in [4.69, 9.17) is 10.8 Å². The Balaban J connectivity index is 2.45. The first kappa shape index (κ1) is 7.49. The second-order valence-electron chi connectivity index (χ2n) is 1.09. The molecule has 44 valence electrons. The molecule has 0 unspecified atom stereocenters. The van der Waals surface area contributed by atoms with Gasteiger partial charge in [0.05, 0.1) is 0 Å². The molecule has 0 aromatic rings. The van der Waals surface area contributed by atoms with Crippen molar-refractivity contribution >= 4 is 29.5 Å². The Labute approximate surface area is 50.4 Å². The van der Waals surface area contributed by atoms with E-state index in [1.165, 1.54) is 0 Å². The van der Waals surface area contributed by atoms with Crippen molar-refractivity contribution in [1.29, 1.82) is 0 Å². The van der Waals surface area contributed by atoms with Gasteiger partial charge in [0, 0.05) is 0 Å². The quantitative estimate of drug-likeness (QED) is 0.241. The lowest BCUT2D eigenvalue weighted by atomic mass is 13.8. The van der Waals surface area contributed by atoms with E-state index in [2.05, 4.69) is 9.30 Å². The van der Waals surface area contributed by atoms with E-state index < -0.39 is 19.7 Å². The molecular formula is H12N4Si3. The number of nitrogens with two attached hydrogens (primary N) is 2. The fraction of sp³-hybridized carbons (Fsp3) is 0. The SMILES string of the molecule is N[SiH2]N[SiH2]N[SiH2]N. The molecule has 0 saturated carbocycles. The van der Waals surface area contributed by atoms with Crippen molar-refractivity contribution in [2.24, 2.45) is 10.8 Å². The Kier molecular flexibility index (Phi) is 6.95. The van der Waals surface area contributed by atoms with Gasteiger partial charge in [0.15, 0.2) is 29.5 Å². The summed E-state index contributed by atoms with van der Waals surface area (Å²) in [6, 6.07) is 0. The van der Waals surface area contributed by atoms with Gasteiger partial charge in [0.1, 0.15) is 0 Å². The summed E-state index contributed by atoms with van der Waals surface area (Å²) in [4.78, 5) is 0. The molecule has 0 atom stereocenters. The molecule has 0 aliphatic carbocycles. The molecule has 0 spiro atoms. The Bertz CT molecular complexity index is 26.1. The third kappa shape index (κ3) is 6.49. The van der Waals surface area contributed by atoms with Crippen LogP contribution in [0, 0.1) is 0 Å². The smallest absolute Gasteiger partial charge is 0.158 e. The summed E-state index contributed by atoms with van der Waals surface area (Å²) < 4.78 is 6.30. The highest BCUT2D eigenvalue weighted by atomic mass is 28.3. The molecule has 0 saturated heterocycles. The molecule has 7 heavy (non-hydrogen) atoms. The topological polar surface area (TPSA) is 76.1 Å². The maximum Gasteiger partial charge on any atom is 0.158 e. The summed E-state index contributed by atoms with van der Waals surface area (Å²) in [7, 11) is -0.996. The third-order valence-corrected chi connectivity index (χ3v) is 4.85. The summed E-state index contributed by atoms with van der Waals surface area (Å²) in [6.45, 7) is 0. The predicted octanol–water partition coefficient (Wildman–Crippen LogP) is -4.92. The Morgan fingerprint density at radius 2 is 1.43 bits per heavy atom. The Morgan fingerprint density at radius 3 is 1.71 bits per heavy atom. The van der Waals surface area contributed by atoms with Crippen molar-refractivity contribution in [1.82, 2.24) is 9.30 Å². The van der Waals surface area contributed by atoms with Crippen molar-refractivity contribution in [3.05, 3.63) is 0 Å². The van der Waals surface area contributed by atoms with Crippen LogP contribution in [0.4, 0.5) is 0 Å². The second-order valence-corrected chi connectivity index (χ2v) is 6.26. The Morgan fingerprint density at radius 1 is 1.00 bits per heavy atom. The highest BCUT2D eigenvalue weighted by Crippen LogP contribution is 1.30. The van der Waals surface area contributed by atoms with Gasteiger partial charge < -0.3 is 20.1 Å². The van der Waals surface area contributed by atoms with Crippen LogP contribution >= 0.6 is 0 Å². The van der Waals surface area contributed by atoms with Crippen LogP contribution < -0.4 is 20.1 Å². The molecule has 0 amide bonds. The zero-order chi connectivity index (χ0) is 5.54. The number of hydrogen-bond acceptors (Lipinski definition) is 4. The van der Waals surface area contributed by atoms with E-state index in [1.54, 1.807) is 0 Å². The average molecular weight is 152 g/mol. The second kappa shape index (κ2) is 6.49. The lowest BCUT2D eigenvalue weighted by Gasteiger charge is -1.96. The molecule has 6 N–H and O–H groups in total. The van der Waals surface area contributed by atoms with E-state index in [9.17, 15) is 0 Å². The maximum atomic E-state index is 5.27. The van der Waals surface area contributed by atoms with E-state index in [-0.39, 0.29) is 9.84 Å². The molecule has 0 bridgehead atoms. The van der Waals surface area contributed by atoms with Crippen LogP contribution in [-0.2, 0) is 0 Å². The molecule has 0 heterocycles. The normalized spacial score (nSPS) is 14.6. The van der Waals surface area contributed by atoms with E-state index >= 15 is 0 Å². The fourth-order valence-electron chi connectivity index (χ4n) is 0.233. The first-order chi connectivity index (χ1) is 3.41. The van der Waals surface area contributed by atoms with Crippen molar-refractivity contribution < 1.29 is 0 Å². The number of nitrogens with one attached hydrogen (secondary N) is 2. The minimum Gasteiger partial charge on any atom is -0.346 e. The van der Waals surface area contributed by atoms with Crippen LogP contribution in [0.3, 0.4) is 0 Å². The van der Waals surface area contributed by atoms with E-state index in [1.807, 2.05) is 0 Å². The summed E-state index contributed by atoms with van der Waals surface area (Å²) in [5, 5.41) is 10.5. The van der Waals surface area contributed by atoms with Gasteiger partial charge in [-0.05, 0) is 0 Å². The number of hydrogen-bond donors (Lipinski definition) is 4. The van der Waals surface area contributed by atoms with Crippen LogP contribution in [0.5, 0.6) is 0 Å². The van der Waals surface area contributed by atoms with Gasteiger partial charge in [-0.25, -0.2) is 0 Å².